The number of hydrogen-bond donors (Lipinski definition) is 2. The molecule has 1 heterocycles. The molecule has 1 aromatic rings. The number of hydrogen-bond acceptors (Lipinski definition) is 5. The van der Waals surface area contributed by atoms with E-state index in [2.05, 4.69) is 20.9 Å². The van der Waals surface area contributed by atoms with Crippen LogP contribution in [0.2, 0.25) is 0 Å². The second kappa shape index (κ2) is 7.04. The first kappa shape index (κ1) is 21.6. The fourth-order valence-electron chi connectivity index (χ4n) is 1.55. The maximum atomic E-state index is 10.4. The van der Waals surface area contributed by atoms with Crippen molar-refractivity contribution in [3.63, 3.8) is 0 Å². The average molecular weight is 402 g/mol. The molecular weight excluding hydrogens is 373 g/mol. The van der Waals surface area contributed by atoms with Gasteiger partial charge in [-0.1, -0.05) is 0 Å². The van der Waals surface area contributed by atoms with Gasteiger partial charge in [0.25, 0.3) is 0 Å². The van der Waals surface area contributed by atoms with Gasteiger partial charge in [-0.2, -0.15) is 0 Å². The van der Waals surface area contributed by atoms with E-state index < -0.39 is 29.5 Å². The zero-order valence-electron chi connectivity index (χ0n) is 15.8. The van der Waals surface area contributed by atoms with Crippen molar-refractivity contribution >= 4 is 28.5 Å². The van der Waals surface area contributed by atoms with Gasteiger partial charge in [0, 0.05) is 16.9 Å². The minimum absolute atomic E-state index is 0.730. The first-order valence-electron chi connectivity index (χ1n) is 7.98. The Balaban J connectivity index is 3.27. The lowest BCUT2D eigenvalue weighted by atomic mass is 9.74. The van der Waals surface area contributed by atoms with Crippen molar-refractivity contribution in [1.29, 1.82) is 0 Å². The molecule has 0 bridgehead atoms. The molecule has 0 saturated heterocycles. The Labute approximate surface area is 154 Å². The van der Waals surface area contributed by atoms with Crippen LogP contribution in [0.4, 0.5) is 0 Å². The largest absolute Gasteiger partial charge is 0.496 e. The molecule has 0 spiro atoms. The van der Waals surface area contributed by atoms with Crippen molar-refractivity contribution in [3.8, 4) is 0 Å². The van der Waals surface area contributed by atoms with Gasteiger partial charge in [-0.15, -0.1) is 0 Å². The van der Waals surface area contributed by atoms with Crippen LogP contribution in [-0.4, -0.2) is 44.7 Å². The molecule has 0 radical (unpaired) electrons. The quantitative estimate of drug-likeness (QED) is 0.687. The van der Waals surface area contributed by atoms with E-state index in [1.807, 2.05) is 0 Å². The molecule has 0 fully saturated rings. The molecule has 0 atom stereocenters. The lowest BCUT2D eigenvalue weighted by molar-refractivity contribution is -0.132. The van der Waals surface area contributed by atoms with Crippen molar-refractivity contribution in [2.45, 2.75) is 77.8 Å². The van der Waals surface area contributed by atoms with E-state index in [-0.39, 0.29) is 0 Å². The number of aromatic nitrogens is 1. The Bertz CT molecular complexity index is 536. The fraction of sp³-hybridized carbons (Fsp3) is 0.706. The molecule has 0 unspecified atom stereocenters. The van der Waals surface area contributed by atoms with Crippen molar-refractivity contribution < 1.29 is 19.5 Å². The highest BCUT2D eigenvalue weighted by molar-refractivity contribution is 9.10. The summed E-state index contributed by atoms with van der Waals surface area (Å²) in [7, 11) is -0.801. The summed E-state index contributed by atoms with van der Waals surface area (Å²) in [5.41, 5.74) is -3.23. The van der Waals surface area contributed by atoms with Gasteiger partial charge in [0.05, 0.1) is 22.4 Å². The van der Waals surface area contributed by atoms with Crippen molar-refractivity contribution in [1.82, 2.24) is 4.98 Å². The monoisotopic (exact) mass is 401 g/mol. The van der Waals surface area contributed by atoms with Crippen LogP contribution in [0.1, 0.15) is 55.4 Å². The molecule has 0 aliphatic carbocycles. The number of nitrogens with zero attached hydrogens (tertiary/aromatic N) is 1. The van der Waals surface area contributed by atoms with Crippen molar-refractivity contribution in [3.05, 3.63) is 22.9 Å². The van der Waals surface area contributed by atoms with Gasteiger partial charge in [0.1, 0.15) is 0 Å². The Morgan fingerprint density at radius 3 is 1.67 bits per heavy atom. The first-order chi connectivity index (χ1) is 10.6. The van der Waals surface area contributed by atoms with Crippen LogP contribution < -0.4 is 5.46 Å². The SMILES string of the molecule is CC(C)(O)C(C)(C)OB(OC(C)(C)C(C)(C)O)c1ccncc1Br. The van der Waals surface area contributed by atoms with Crippen LogP contribution in [0.3, 0.4) is 0 Å². The molecular formula is C17H29BBrNO4. The van der Waals surface area contributed by atoms with Crippen LogP contribution >= 0.6 is 15.9 Å². The lowest BCUT2D eigenvalue weighted by Gasteiger charge is -2.43. The van der Waals surface area contributed by atoms with E-state index in [4.69, 9.17) is 9.31 Å². The average Bonchev–Trinajstić information content (AvgIpc) is 2.35. The molecule has 1 rings (SSSR count). The predicted octanol–water partition coefficient (Wildman–Crippen LogP) is 2.67. The van der Waals surface area contributed by atoms with Gasteiger partial charge >= 0.3 is 7.12 Å². The van der Waals surface area contributed by atoms with E-state index in [9.17, 15) is 10.2 Å². The molecule has 24 heavy (non-hydrogen) atoms. The third kappa shape index (κ3) is 5.02. The Hall–Kier alpha value is -0.465. The number of halogens is 1. The van der Waals surface area contributed by atoms with Gasteiger partial charge in [0.2, 0.25) is 0 Å². The Morgan fingerprint density at radius 1 is 0.917 bits per heavy atom. The second-order valence-corrected chi connectivity index (χ2v) is 8.96. The summed E-state index contributed by atoms with van der Waals surface area (Å²) in [6, 6.07) is 1.79. The summed E-state index contributed by atoms with van der Waals surface area (Å²) in [6.07, 6.45) is 3.30. The van der Waals surface area contributed by atoms with Crippen LogP contribution in [0.15, 0.2) is 22.9 Å². The van der Waals surface area contributed by atoms with Crippen LogP contribution in [-0.2, 0) is 9.31 Å². The van der Waals surface area contributed by atoms with Gasteiger partial charge in [-0.3, -0.25) is 4.98 Å². The number of rotatable bonds is 7. The van der Waals surface area contributed by atoms with E-state index in [1.165, 1.54) is 0 Å². The second-order valence-electron chi connectivity index (χ2n) is 8.10. The van der Waals surface area contributed by atoms with E-state index in [1.54, 1.807) is 73.8 Å². The maximum absolute atomic E-state index is 10.4. The summed E-state index contributed by atoms with van der Waals surface area (Å²) in [4.78, 5) is 4.06. The molecule has 0 aliphatic rings. The van der Waals surface area contributed by atoms with Crippen LogP contribution in [0.5, 0.6) is 0 Å². The minimum Gasteiger partial charge on any atom is -0.399 e. The van der Waals surface area contributed by atoms with E-state index in [0.717, 1.165) is 9.94 Å². The Morgan fingerprint density at radius 2 is 1.33 bits per heavy atom. The molecule has 0 aromatic carbocycles. The smallest absolute Gasteiger partial charge is 0.399 e. The van der Waals surface area contributed by atoms with Gasteiger partial charge in [-0.25, -0.2) is 0 Å². The topological polar surface area (TPSA) is 71.8 Å². The summed E-state index contributed by atoms with van der Waals surface area (Å²) in [5, 5.41) is 20.8. The number of pyridine rings is 1. The first-order valence-corrected chi connectivity index (χ1v) is 8.77. The summed E-state index contributed by atoms with van der Waals surface area (Å²) in [5.74, 6) is 0. The third-order valence-electron chi connectivity index (χ3n) is 4.81. The lowest BCUT2D eigenvalue weighted by Crippen LogP contribution is -2.59. The highest BCUT2D eigenvalue weighted by atomic mass is 79.9. The summed E-state index contributed by atoms with van der Waals surface area (Å²) < 4.78 is 13.0. The molecule has 5 nitrogen and oxygen atoms in total. The normalized spacial score (nSPS) is 14.0. The predicted molar refractivity (Wildman–Crippen MR) is 100 cm³/mol. The molecule has 0 aliphatic heterocycles. The Kier molecular flexibility index (Phi) is 6.33. The van der Waals surface area contributed by atoms with Gasteiger partial charge in [-0.05, 0) is 82.8 Å². The fourth-order valence-corrected chi connectivity index (χ4v) is 1.99. The standard InChI is InChI=1S/C17H29BBrNO4/c1-14(2,21)16(5,6)23-18(12-9-10-20-11-13(12)19)24-17(7,8)15(3,4)22/h9-11,21-22H,1-8H3. The molecule has 0 amide bonds. The zero-order valence-corrected chi connectivity index (χ0v) is 17.4. The number of aliphatic hydroxyl groups is 2. The highest BCUT2D eigenvalue weighted by Gasteiger charge is 2.46. The molecule has 1 aromatic heterocycles. The van der Waals surface area contributed by atoms with E-state index >= 15 is 0 Å². The maximum Gasteiger partial charge on any atom is 0.496 e. The summed E-state index contributed by atoms with van der Waals surface area (Å²) in [6.45, 7) is 14.0. The van der Waals surface area contributed by atoms with Crippen molar-refractivity contribution in [2.75, 3.05) is 0 Å². The summed E-state index contributed by atoms with van der Waals surface area (Å²) >= 11 is 3.47. The van der Waals surface area contributed by atoms with Gasteiger partial charge < -0.3 is 19.5 Å². The minimum atomic E-state index is -1.09. The van der Waals surface area contributed by atoms with Crippen molar-refractivity contribution in [2.24, 2.45) is 0 Å². The zero-order chi connectivity index (χ0) is 19.0. The molecule has 2 N–H and O–H groups in total. The molecule has 136 valence electrons. The van der Waals surface area contributed by atoms with Crippen LogP contribution in [0, 0.1) is 0 Å². The molecule has 7 heteroatoms. The highest BCUT2D eigenvalue weighted by Crippen LogP contribution is 2.30. The van der Waals surface area contributed by atoms with Gasteiger partial charge in [0.15, 0.2) is 0 Å². The molecule has 0 saturated carbocycles. The van der Waals surface area contributed by atoms with E-state index in [0.29, 0.717) is 0 Å². The third-order valence-corrected chi connectivity index (χ3v) is 5.47. The van der Waals surface area contributed by atoms with Crippen LogP contribution in [0.25, 0.3) is 0 Å².